The predicted octanol–water partition coefficient (Wildman–Crippen LogP) is 4.46. The molecule has 0 saturated carbocycles. The summed E-state index contributed by atoms with van der Waals surface area (Å²) in [6.45, 7) is 4.31. The van der Waals surface area contributed by atoms with E-state index in [9.17, 15) is 4.79 Å². The minimum atomic E-state index is -0.0230. The van der Waals surface area contributed by atoms with Gasteiger partial charge in [-0.2, -0.15) is 0 Å². The van der Waals surface area contributed by atoms with Crippen LogP contribution in [0.15, 0.2) is 73.1 Å². The lowest BCUT2D eigenvalue weighted by Crippen LogP contribution is -2.46. The van der Waals surface area contributed by atoms with Gasteiger partial charge in [0.25, 0.3) is 0 Å². The van der Waals surface area contributed by atoms with E-state index in [0.717, 1.165) is 49.4 Å². The van der Waals surface area contributed by atoms with Gasteiger partial charge in [0, 0.05) is 48.9 Å². The molecule has 2 aromatic carbocycles. The van der Waals surface area contributed by atoms with E-state index < -0.39 is 0 Å². The number of carbonyl (C=O) groups is 1. The number of aromatic nitrogens is 1. The Hall–Kier alpha value is -3.38. The normalized spacial score (nSPS) is 15.1. The van der Waals surface area contributed by atoms with E-state index in [-0.39, 0.29) is 5.91 Å². The molecule has 1 fully saturated rings. The number of methoxy groups -OCH3 is 1. The first-order chi connectivity index (χ1) is 16.6. The van der Waals surface area contributed by atoms with Crippen LogP contribution >= 0.6 is 0 Å². The Morgan fingerprint density at radius 2 is 1.79 bits per heavy atom. The zero-order valence-corrected chi connectivity index (χ0v) is 20.0. The first kappa shape index (κ1) is 23.8. The lowest BCUT2D eigenvalue weighted by molar-refractivity contribution is -0.115. The monoisotopic (exact) mass is 458 g/mol. The molecule has 6 nitrogen and oxygen atoms in total. The quantitative estimate of drug-likeness (QED) is 0.496. The van der Waals surface area contributed by atoms with Crippen molar-refractivity contribution < 1.29 is 9.53 Å². The lowest BCUT2D eigenvalue weighted by atomic mass is 10.0. The van der Waals surface area contributed by atoms with E-state index in [1.165, 1.54) is 11.3 Å². The number of pyridine rings is 1. The van der Waals surface area contributed by atoms with E-state index in [0.29, 0.717) is 18.5 Å². The predicted molar refractivity (Wildman–Crippen MR) is 138 cm³/mol. The standard InChI is InChI=1S/C28H34N4O2/c1-21(18-23-4-3-15-29-20-23)30-25-13-16-32(17-14-25)26-9-7-24(8-10-26)31-28(33)19-22-5-11-27(34-2)12-6-22/h3-12,15,20-21,25,30H,13-14,16-19H2,1-2H3,(H,31,33)/t21-/m0/s1. The third kappa shape index (κ3) is 6.81. The van der Waals surface area contributed by atoms with Crippen molar-refractivity contribution in [1.29, 1.82) is 0 Å². The number of carbonyl (C=O) groups excluding carboxylic acids is 1. The van der Waals surface area contributed by atoms with Gasteiger partial charge in [0.2, 0.25) is 5.91 Å². The highest BCUT2D eigenvalue weighted by Crippen LogP contribution is 2.23. The maximum Gasteiger partial charge on any atom is 0.228 e. The third-order valence-corrected chi connectivity index (χ3v) is 6.32. The Kier molecular flexibility index (Phi) is 8.15. The molecule has 0 radical (unpaired) electrons. The topological polar surface area (TPSA) is 66.5 Å². The van der Waals surface area contributed by atoms with Crippen LogP contribution < -0.4 is 20.3 Å². The van der Waals surface area contributed by atoms with Crippen LogP contribution in [0.1, 0.15) is 30.9 Å². The molecule has 1 aromatic heterocycles. The molecular weight excluding hydrogens is 424 g/mol. The van der Waals surface area contributed by atoms with Crippen molar-refractivity contribution in [3.05, 3.63) is 84.2 Å². The molecule has 1 atom stereocenters. The van der Waals surface area contributed by atoms with Crippen LogP contribution in [-0.2, 0) is 17.6 Å². The lowest BCUT2D eigenvalue weighted by Gasteiger charge is -2.35. The molecule has 0 unspecified atom stereocenters. The van der Waals surface area contributed by atoms with Crippen LogP contribution in [0.4, 0.5) is 11.4 Å². The van der Waals surface area contributed by atoms with Gasteiger partial charge in [-0.25, -0.2) is 0 Å². The fourth-order valence-corrected chi connectivity index (χ4v) is 4.53. The van der Waals surface area contributed by atoms with Gasteiger partial charge in [-0.05, 0) is 79.8 Å². The van der Waals surface area contributed by atoms with Gasteiger partial charge < -0.3 is 20.3 Å². The summed E-state index contributed by atoms with van der Waals surface area (Å²) in [7, 11) is 1.64. The summed E-state index contributed by atoms with van der Waals surface area (Å²) in [6, 6.07) is 20.9. The summed E-state index contributed by atoms with van der Waals surface area (Å²) < 4.78 is 5.17. The van der Waals surface area contributed by atoms with Crippen LogP contribution in [-0.4, -0.2) is 43.2 Å². The second-order valence-corrected chi connectivity index (χ2v) is 9.01. The maximum absolute atomic E-state index is 12.4. The Bertz CT molecular complexity index is 1030. The average molecular weight is 459 g/mol. The second-order valence-electron chi connectivity index (χ2n) is 9.01. The van der Waals surface area contributed by atoms with Gasteiger partial charge in [-0.3, -0.25) is 9.78 Å². The Balaban J connectivity index is 1.21. The molecule has 4 rings (SSSR count). The number of rotatable bonds is 9. The van der Waals surface area contributed by atoms with Crippen LogP contribution in [0.5, 0.6) is 5.75 Å². The van der Waals surface area contributed by atoms with Gasteiger partial charge in [0.1, 0.15) is 5.75 Å². The number of amides is 1. The number of nitrogens with one attached hydrogen (secondary N) is 2. The van der Waals surface area contributed by atoms with Crippen molar-refractivity contribution in [3.8, 4) is 5.75 Å². The van der Waals surface area contributed by atoms with Gasteiger partial charge in [-0.1, -0.05) is 18.2 Å². The summed E-state index contributed by atoms with van der Waals surface area (Å²) in [5, 5.41) is 6.78. The molecule has 1 aliphatic heterocycles. The molecular formula is C28H34N4O2. The van der Waals surface area contributed by atoms with Crippen LogP contribution in [0, 0.1) is 0 Å². The molecule has 1 aliphatic rings. The van der Waals surface area contributed by atoms with Crippen molar-refractivity contribution in [2.45, 2.75) is 44.7 Å². The van der Waals surface area contributed by atoms with E-state index in [2.05, 4.69) is 45.6 Å². The van der Waals surface area contributed by atoms with Crippen LogP contribution in [0.25, 0.3) is 0 Å². The number of piperidine rings is 1. The van der Waals surface area contributed by atoms with Crippen molar-refractivity contribution in [3.63, 3.8) is 0 Å². The fraction of sp³-hybridized carbons (Fsp3) is 0.357. The zero-order valence-electron chi connectivity index (χ0n) is 20.0. The first-order valence-electron chi connectivity index (χ1n) is 12.0. The highest BCUT2D eigenvalue weighted by atomic mass is 16.5. The number of anilines is 2. The van der Waals surface area contributed by atoms with Gasteiger partial charge >= 0.3 is 0 Å². The fourth-order valence-electron chi connectivity index (χ4n) is 4.53. The molecule has 34 heavy (non-hydrogen) atoms. The minimum absolute atomic E-state index is 0.0230. The zero-order chi connectivity index (χ0) is 23.8. The molecule has 1 saturated heterocycles. The van der Waals surface area contributed by atoms with Crippen LogP contribution in [0.3, 0.4) is 0 Å². The van der Waals surface area contributed by atoms with Crippen molar-refractivity contribution in [1.82, 2.24) is 10.3 Å². The Labute approximate surface area is 202 Å². The summed E-state index contributed by atoms with van der Waals surface area (Å²) in [4.78, 5) is 19.0. The van der Waals surface area contributed by atoms with Gasteiger partial charge in [0.05, 0.1) is 13.5 Å². The Morgan fingerprint density at radius 3 is 2.44 bits per heavy atom. The van der Waals surface area contributed by atoms with Crippen molar-refractivity contribution in [2.75, 3.05) is 30.4 Å². The van der Waals surface area contributed by atoms with E-state index in [4.69, 9.17) is 4.74 Å². The van der Waals surface area contributed by atoms with Crippen LogP contribution in [0.2, 0.25) is 0 Å². The van der Waals surface area contributed by atoms with Gasteiger partial charge in [-0.15, -0.1) is 0 Å². The number of ether oxygens (including phenoxy) is 1. The van der Waals surface area contributed by atoms with Crippen molar-refractivity contribution >= 4 is 17.3 Å². The number of hydrogen-bond donors (Lipinski definition) is 2. The number of nitrogens with zero attached hydrogens (tertiary/aromatic N) is 2. The molecule has 2 N–H and O–H groups in total. The minimum Gasteiger partial charge on any atom is -0.497 e. The van der Waals surface area contributed by atoms with E-state index in [1.54, 1.807) is 7.11 Å². The smallest absolute Gasteiger partial charge is 0.228 e. The SMILES string of the molecule is COc1ccc(CC(=O)Nc2ccc(N3CCC(N[C@@H](C)Cc4cccnc4)CC3)cc2)cc1. The summed E-state index contributed by atoms with van der Waals surface area (Å²) in [5.74, 6) is 0.768. The highest BCUT2D eigenvalue weighted by Gasteiger charge is 2.21. The first-order valence-corrected chi connectivity index (χ1v) is 12.0. The molecule has 2 heterocycles. The molecule has 1 amide bonds. The number of hydrogen-bond acceptors (Lipinski definition) is 5. The molecule has 178 valence electrons. The second kappa shape index (κ2) is 11.7. The highest BCUT2D eigenvalue weighted by molar-refractivity contribution is 5.92. The molecule has 0 aliphatic carbocycles. The molecule has 0 bridgehead atoms. The van der Waals surface area contributed by atoms with Gasteiger partial charge in [0.15, 0.2) is 0 Å². The Morgan fingerprint density at radius 1 is 1.06 bits per heavy atom. The molecule has 0 spiro atoms. The number of benzene rings is 2. The van der Waals surface area contributed by atoms with E-state index >= 15 is 0 Å². The summed E-state index contributed by atoms with van der Waals surface area (Å²) in [6.07, 6.45) is 7.35. The molecule has 3 aromatic rings. The summed E-state index contributed by atoms with van der Waals surface area (Å²) in [5.41, 5.74) is 4.26. The molecule has 6 heteroatoms. The summed E-state index contributed by atoms with van der Waals surface area (Å²) >= 11 is 0. The average Bonchev–Trinajstić information content (AvgIpc) is 2.86. The third-order valence-electron chi connectivity index (χ3n) is 6.32. The van der Waals surface area contributed by atoms with Crippen molar-refractivity contribution in [2.24, 2.45) is 0 Å². The largest absolute Gasteiger partial charge is 0.497 e. The van der Waals surface area contributed by atoms with E-state index in [1.807, 2.05) is 54.9 Å². The maximum atomic E-state index is 12.4.